The Kier molecular flexibility index (Phi) is 2.97. The van der Waals surface area contributed by atoms with Crippen LogP contribution in [0.4, 0.5) is 0 Å². The van der Waals surface area contributed by atoms with Gasteiger partial charge in [0.05, 0.1) is 0 Å². The highest BCUT2D eigenvalue weighted by Gasteiger charge is 2.16. The number of hydrogen-bond donors (Lipinski definition) is 0. The standard InChI is InChI=1S/C9H13NO/c1-2-3-7-10-8-5-4-6-9(10)11/h1H,3-8H2. The first kappa shape index (κ1) is 8.13. The van der Waals surface area contributed by atoms with E-state index in [-0.39, 0.29) is 5.91 Å². The molecule has 0 aliphatic carbocycles. The van der Waals surface area contributed by atoms with Crippen molar-refractivity contribution < 1.29 is 4.79 Å². The predicted molar refractivity (Wildman–Crippen MR) is 43.9 cm³/mol. The molecule has 0 saturated carbocycles. The summed E-state index contributed by atoms with van der Waals surface area (Å²) in [5, 5.41) is 0. The quantitative estimate of drug-likeness (QED) is 0.540. The lowest BCUT2D eigenvalue weighted by Crippen LogP contribution is -2.35. The van der Waals surface area contributed by atoms with Crippen LogP contribution in [0, 0.1) is 12.3 Å². The van der Waals surface area contributed by atoms with Gasteiger partial charge in [-0.2, -0.15) is 0 Å². The Morgan fingerprint density at radius 3 is 3.00 bits per heavy atom. The molecule has 0 spiro atoms. The van der Waals surface area contributed by atoms with Crippen molar-refractivity contribution in [2.45, 2.75) is 25.7 Å². The summed E-state index contributed by atoms with van der Waals surface area (Å²) in [6, 6.07) is 0. The monoisotopic (exact) mass is 151 g/mol. The Bertz CT molecular complexity index is 180. The smallest absolute Gasteiger partial charge is 0.222 e. The van der Waals surface area contributed by atoms with Gasteiger partial charge in [0, 0.05) is 25.9 Å². The van der Waals surface area contributed by atoms with Crippen molar-refractivity contribution in [2.75, 3.05) is 13.1 Å². The van der Waals surface area contributed by atoms with Crippen molar-refractivity contribution in [3.8, 4) is 12.3 Å². The van der Waals surface area contributed by atoms with Gasteiger partial charge >= 0.3 is 0 Å². The number of nitrogens with zero attached hydrogens (tertiary/aromatic N) is 1. The average molecular weight is 151 g/mol. The zero-order valence-electron chi connectivity index (χ0n) is 6.68. The topological polar surface area (TPSA) is 20.3 Å². The van der Waals surface area contributed by atoms with Crippen LogP contribution in [0.2, 0.25) is 0 Å². The molecule has 1 aliphatic rings. The molecule has 0 radical (unpaired) electrons. The molecule has 0 unspecified atom stereocenters. The Morgan fingerprint density at radius 1 is 1.55 bits per heavy atom. The molecule has 0 aromatic carbocycles. The van der Waals surface area contributed by atoms with E-state index in [4.69, 9.17) is 6.42 Å². The Morgan fingerprint density at radius 2 is 2.36 bits per heavy atom. The summed E-state index contributed by atoms with van der Waals surface area (Å²) in [4.78, 5) is 13.0. The van der Waals surface area contributed by atoms with E-state index in [9.17, 15) is 4.79 Å². The molecule has 2 nitrogen and oxygen atoms in total. The molecule has 0 N–H and O–H groups in total. The molecule has 0 bridgehead atoms. The third kappa shape index (κ3) is 2.27. The van der Waals surface area contributed by atoms with Gasteiger partial charge in [-0.05, 0) is 12.8 Å². The predicted octanol–water partition coefficient (Wildman–Crippen LogP) is 1.02. The third-order valence-corrected chi connectivity index (χ3v) is 1.95. The van der Waals surface area contributed by atoms with Gasteiger partial charge < -0.3 is 4.90 Å². The fraction of sp³-hybridized carbons (Fsp3) is 0.667. The van der Waals surface area contributed by atoms with E-state index in [1.54, 1.807) is 0 Å². The number of hydrogen-bond acceptors (Lipinski definition) is 1. The van der Waals surface area contributed by atoms with E-state index in [0.29, 0.717) is 12.8 Å². The highest BCUT2D eigenvalue weighted by Crippen LogP contribution is 2.09. The molecule has 1 fully saturated rings. The van der Waals surface area contributed by atoms with Crippen molar-refractivity contribution >= 4 is 5.91 Å². The number of rotatable bonds is 2. The van der Waals surface area contributed by atoms with Crippen molar-refractivity contribution in [2.24, 2.45) is 0 Å². The van der Waals surface area contributed by atoms with Gasteiger partial charge in [0.25, 0.3) is 0 Å². The van der Waals surface area contributed by atoms with E-state index in [0.717, 1.165) is 25.9 Å². The van der Waals surface area contributed by atoms with E-state index in [1.165, 1.54) is 0 Å². The first-order valence-corrected chi connectivity index (χ1v) is 4.06. The van der Waals surface area contributed by atoms with Crippen LogP contribution in [0.1, 0.15) is 25.7 Å². The van der Waals surface area contributed by atoms with Crippen molar-refractivity contribution in [3.05, 3.63) is 0 Å². The van der Waals surface area contributed by atoms with Crippen LogP contribution in [0.3, 0.4) is 0 Å². The SMILES string of the molecule is C#CCCN1CCCCC1=O. The highest BCUT2D eigenvalue weighted by molar-refractivity contribution is 5.76. The first-order valence-electron chi connectivity index (χ1n) is 4.06. The highest BCUT2D eigenvalue weighted by atomic mass is 16.2. The number of piperidine rings is 1. The molecule has 1 heterocycles. The van der Waals surface area contributed by atoms with E-state index in [1.807, 2.05) is 4.90 Å². The summed E-state index contributed by atoms with van der Waals surface area (Å²) >= 11 is 0. The lowest BCUT2D eigenvalue weighted by molar-refractivity contribution is -0.133. The number of carbonyl (C=O) groups excluding carboxylic acids is 1. The fourth-order valence-corrected chi connectivity index (χ4v) is 1.30. The van der Waals surface area contributed by atoms with E-state index >= 15 is 0 Å². The van der Waals surface area contributed by atoms with Crippen molar-refractivity contribution in [1.29, 1.82) is 0 Å². The molecular weight excluding hydrogens is 138 g/mol. The molecule has 0 aromatic heterocycles. The summed E-state index contributed by atoms with van der Waals surface area (Å²) < 4.78 is 0. The maximum atomic E-state index is 11.2. The second kappa shape index (κ2) is 4.02. The summed E-state index contributed by atoms with van der Waals surface area (Å²) in [6.07, 6.45) is 8.68. The van der Waals surface area contributed by atoms with Gasteiger partial charge in [-0.25, -0.2) is 0 Å². The van der Waals surface area contributed by atoms with Gasteiger partial charge in [0.1, 0.15) is 0 Å². The lowest BCUT2D eigenvalue weighted by atomic mass is 10.1. The zero-order valence-corrected chi connectivity index (χ0v) is 6.68. The molecule has 0 atom stereocenters. The zero-order chi connectivity index (χ0) is 8.10. The molecule has 60 valence electrons. The van der Waals surface area contributed by atoms with Crippen LogP contribution in [0.5, 0.6) is 0 Å². The molecular formula is C9H13NO. The number of amides is 1. The van der Waals surface area contributed by atoms with Crippen LogP contribution in [0.15, 0.2) is 0 Å². The van der Waals surface area contributed by atoms with E-state index in [2.05, 4.69) is 5.92 Å². The number of carbonyl (C=O) groups is 1. The van der Waals surface area contributed by atoms with E-state index < -0.39 is 0 Å². The molecule has 2 heteroatoms. The molecule has 11 heavy (non-hydrogen) atoms. The lowest BCUT2D eigenvalue weighted by Gasteiger charge is -2.25. The van der Waals surface area contributed by atoms with Gasteiger partial charge in [0.2, 0.25) is 5.91 Å². The summed E-state index contributed by atoms with van der Waals surface area (Å²) in [7, 11) is 0. The summed E-state index contributed by atoms with van der Waals surface area (Å²) in [6.45, 7) is 1.65. The second-order valence-electron chi connectivity index (χ2n) is 2.79. The van der Waals surface area contributed by atoms with Gasteiger partial charge in [0.15, 0.2) is 0 Å². The maximum absolute atomic E-state index is 11.2. The summed E-state index contributed by atoms with van der Waals surface area (Å²) in [5.41, 5.74) is 0. The average Bonchev–Trinajstić information content (AvgIpc) is 2.03. The minimum Gasteiger partial charge on any atom is -0.342 e. The maximum Gasteiger partial charge on any atom is 0.222 e. The van der Waals surface area contributed by atoms with Crippen molar-refractivity contribution in [1.82, 2.24) is 4.90 Å². The number of terminal acetylenes is 1. The Hall–Kier alpha value is -0.970. The number of likely N-dealkylation sites (tertiary alicyclic amines) is 1. The minimum atomic E-state index is 0.270. The largest absolute Gasteiger partial charge is 0.342 e. The first-order chi connectivity index (χ1) is 5.34. The molecule has 1 rings (SSSR count). The molecule has 0 aromatic rings. The Labute approximate surface area is 67.6 Å². The fourth-order valence-electron chi connectivity index (χ4n) is 1.30. The third-order valence-electron chi connectivity index (χ3n) is 1.95. The van der Waals surface area contributed by atoms with Gasteiger partial charge in [-0.3, -0.25) is 4.79 Å². The second-order valence-corrected chi connectivity index (χ2v) is 2.79. The van der Waals surface area contributed by atoms with Gasteiger partial charge in [-0.15, -0.1) is 12.3 Å². The van der Waals surface area contributed by atoms with Crippen molar-refractivity contribution in [3.63, 3.8) is 0 Å². The molecule has 1 amide bonds. The molecule has 1 saturated heterocycles. The minimum absolute atomic E-state index is 0.270. The van der Waals surface area contributed by atoms with Crippen LogP contribution < -0.4 is 0 Å². The molecule has 1 aliphatic heterocycles. The van der Waals surface area contributed by atoms with Crippen LogP contribution in [0.25, 0.3) is 0 Å². The normalized spacial score (nSPS) is 18.1. The summed E-state index contributed by atoms with van der Waals surface area (Å²) in [5.74, 6) is 2.81. The Balaban J connectivity index is 2.31. The van der Waals surface area contributed by atoms with Crippen LogP contribution in [-0.4, -0.2) is 23.9 Å². The van der Waals surface area contributed by atoms with Crippen LogP contribution >= 0.6 is 0 Å². The van der Waals surface area contributed by atoms with Crippen LogP contribution in [-0.2, 0) is 4.79 Å². The van der Waals surface area contributed by atoms with Gasteiger partial charge in [-0.1, -0.05) is 0 Å².